The Morgan fingerprint density at radius 1 is 1.32 bits per heavy atom. The van der Waals surface area contributed by atoms with E-state index in [1.165, 1.54) is 12.8 Å². The van der Waals surface area contributed by atoms with Crippen LogP contribution in [0.15, 0.2) is 36.9 Å². The number of para-hydroxylation sites is 1. The smallest absolute Gasteiger partial charge is 0.317 e. The van der Waals surface area contributed by atoms with Gasteiger partial charge in [0, 0.05) is 31.8 Å². The molecule has 1 atom stereocenters. The fraction of sp³-hybridized carbons (Fsp3) is 0.550. The number of nitrogens with zero attached hydrogens (tertiary/aromatic N) is 1. The van der Waals surface area contributed by atoms with Crippen molar-refractivity contribution < 1.29 is 14.3 Å². The molecule has 136 valence electrons. The van der Waals surface area contributed by atoms with Gasteiger partial charge in [0.15, 0.2) is 0 Å². The molecule has 0 unspecified atom stereocenters. The van der Waals surface area contributed by atoms with Crippen LogP contribution in [-0.4, -0.2) is 43.3 Å². The molecule has 2 heterocycles. The number of urea groups is 1. The van der Waals surface area contributed by atoms with E-state index in [2.05, 4.69) is 11.9 Å². The number of ether oxygens (including phenoxy) is 2. The first-order chi connectivity index (χ1) is 12.3. The van der Waals surface area contributed by atoms with E-state index in [1.807, 2.05) is 29.2 Å². The van der Waals surface area contributed by atoms with Crippen LogP contribution < -0.4 is 10.1 Å². The largest absolute Gasteiger partial charge is 0.489 e. The summed E-state index contributed by atoms with van der Waals surface area (Å²) in [7, 11) is 0. The first-order valence-electron chi connectivity index (χ1n) is 9.24. The predicted molar refractivity (Wildman–Crippen MR) is 97.6 cm³/mol. The lowest BCUT2D eigenvalue weighted by atomic mass is 9.90. The molecule has 5 nitrogen and oxygen atoms in total. The van der Waals surface area contributed by atoms with Gasteiger partial charge in [-0.25, -0.2) is 4.79 Å². The van der Waals surface area contributed by atoms with Gasteiger partial charge in [0.1, 0.15) is 12.4 Å². The summed E-state index contributed by atoms with van der Waals surface area (Å²) in [5.41, 5.74) is 0.979. The molecule has 2 saturated heterocycles. The van der Waals surface area contributed by atoms with Gasteiger partial charge in [0.2, 0.25) is 0 Å². The molecule has 1 N–H and O–H groups in total. The summed E-state index contributed by atoms with van der Waals surface area (Å²) >= 11 is 0. The molecule has 2 aliphatic rings. The van der Waals surface area contributed by atoms with Gasteiger partial charge in [-0.1, -0.05) is 30.9 Å². The number of nitrogens with one attached hydrogen (secondary N) is 1. The molecule has 1 aromatic rings. The summed E-state index contributed by atoms with van der Waals surface area (Å²) in [5, 5.41) is 3.02. The molecule has 0 spiro atoms. The van der Waals surface area contributed by atoms with E-state index in [9.17, 15) is 4.79 Å². The minimum absolute atomic E-state index is 0.00399. The zero-order chi connectivity index (χ0) is 17.5. The Balaban J connectivity index is 1.46. The lowest BCUT2D eigenvalue weighted by Crippen LogP contribution is -2.45. The first-order valence-corrected chi connectivity index (χ1v) is 9.24. The quantitative estimate of drug-likeness (QED) is 0.805. The third kappa shape index (κ3) is 4.75. The minimum atomic E-state index is 0.00399. The standard InChI is InChI=1S/C20H28N2O3/c1-2-13-24-19-7-4-3-6-17(19)15-21-20(23)22-11-9-16(10-12-22)18-8-5-14-25-18/h2-4,6-7,16,18H,1,5,8-15H2,(H,21,23)/t18-/m1/s1. The normalized spacial score (nSPS) is 21.1. The molecule has 0 bridgehead atoms. The summed E-state index contributed by atoms with van der Waals surface area (Å²) in [6.07, 6.45) is 6.57. The second-order valence-electron chi connectivity index (χ2n) is 6.74. The van der Waals surface area contributed by atoms with Gasteiger partial charge < -0.3 is 19.7 Å². The number of hydrogen-bond acceptors (Lipinski definition) is 3. The van der Waals surface area contributed by atoms with E-state index in [-0.39, 0.29) is 6.03 Å². The molecule has 0 radical (unpaired) electrons. The summed E-state index contributed by atoms with van der Waals surface area (Å²) in [6, 6.07) is 7.78. The van der Waals surface area contributed by atoms with Gasteiger partial charge in [-0.3, -0.25) is 0 Å². The molecular weight excluding hydrogens is 316 g/mol. The number of rotatable bonds is 6. The van der Waals surface area contributed by atoms with Crippen molar-refractivity contribution in [1.29, 1.82) is 0 Å². The van der Waals surface area contributed by atoms with Crippen molar-refractivity contribution >= 4 is 6.03 Å². The molecular formula is C20H28N2O3. The number of likely N-dealkylation sites (tertiary alicyclic amines) is 1. The maximum absolute atomic E-state index is 12.5. The maximum atomic E-state index is 12.5. The Morgan fingerprint density at radius 3 is 2.84 bits per heavy atom. The second kappa shape index (κ2) is 8.90. The number of amides is 2. The third-order valence-corrected chi connectivity index (χ3v) is 5.08. The van der Waals surface area contributed by atoms with Crippen molar-refractivity contribution in [2.45, 2.75) is 38.3 Å². The average molecular weight is 344 g/mol. The Bertz CT molecular complexity index is 576. The summed E-state index contributed by atoms with van der Waals surface area (Å²) < 4.78 is 11.4. The second-order valence-corrected chi connectivity index (χ2v) is 6.74. The van der Waals surface area contributed by atoms with Crippen LogP contribution in [0.1, 0.15) is 31.2 Å². The molecule has 0 aromatic heterocycles. The van der Waals surface area contributed by atoms with E-state index in [0.717, 1.165) is 43.9 Å². The molecule has 2 aliphatic heterocycles. The number of carbonyl (C=O) groups excluding carboxylic acids is 1. The van der Waals surface area contributed by atoms with E-state index in [1.54, 1.807) is 6.08 Å². The number of carbonyl (C=O) groups is 1. The highest BCUT2D eigenvalue weighted by Gasteiger charge is 2.30. The summed E-state index contributed by atoms with van der Waals surface area (Å²) in [5.74, 6) is 1.40. The van der Waals surface area contributed by atoms with Crippen molar-refractivity contribution in [3.63, 3.8) is 0 Å². The van der Waals surface area contributed by atoms with Gasteiger partial charge in [-0.15, -0.1) is 0 Å². The van der Waals surface area contributed by atoms with Gasteiger partial charge in [0.05, 0.1) is 6.10 Å². The molecule has 5 heteroatoms. The SMILES string of the molecule is C=CCOc1ccccc1CNC(=O)N1CCC([C@H]2CCCO2)CC1. The third-order valence-electron chi connectivity index (χ3n) is 5.08. The Labute approximate surface area is 150 Å². The molecule has 3 rings (SSSR count). The van der Waals surface area contributed by atoms with Crippen molar-refractivity contribution in [2.24, 2.45) is 5.92 Å². The number of hydrogen-bond donors (Lipinski definition) is 1. The van der Waals surface area contributed by atoms with Gasteiger partial charge in [0.25, 0.3) is 0 Å². The average Bonchev–Trinajstić information content (AvgIpc) is 3.20. The summed E-state index contributed by atoms with van der Waals surface area (Å²) in [6.45, 7) is 7.12. The van der Waals surface area contributed by atoms with Gasteiger partial charge in [-0.2, -0.15) is 0 Å². The first kappa shape index (κ1) is 17.8. The maximum Gasteiger partial charge on any atom is 0.317 e. The van der Waals surface area contributed by atoms with Crippen LogP contribution in [0.3, 0.4) is 0 Å². The fourth-order valence-electron chi connectivity index (χ4n) is 3.67. The number of benzene rings is 1. The highest BCUT2D eigenvalue weighted by Crippen LogP contribution is 2.28. The molecule has 0 saturated carbocycles. The zero-order valence-electron chi connectivity index (χ0n) is 14.8. The molecule has 1 aromatic carbocycles. The topological polar surface area (TPSA) is 50.8 Å². The van der Waals surface area contributed by atoms with E-state index in [4.69, 9.17) is 9.47 Å². The van der Waals surface area contributed by atoms with Crippen LogP contribution in [-0.2, 0) is 11.3 Å². The highest BCUT2D eigenvalue weighted by atomic mass is 16.5. The van der Waals surface area contributed by atoms with Crippen LogP contribution in [0.25, 0.3) is 0 Å². The Kier molecular flexibility index (Phi) is 6.34. The molecule has 2 fully saturated rings. The zero-order valence-corrected chi connectivity index (χ0v) is 14.8. The predicted octanol–water partition coefficient (Wildman–Crippen LogP) is 3.35. The fourth-order valence-corrected chi connectivity index (χ4v) is 3.67. The van der Waals surface area contributed by atoms with Crippen LogP contribution >= 0.6 is 0 Å². The summed E-state index contributed by atoms with van der Waals surface area (Å²) in [4.78, 5) is 14.4. The van der Waals surface area contributed by atoms with Crippen molar-refractivity contribution in [3.8, 4) is 5.75 Å². The van der Waals surface area contributed by atoms with Crippen LogP contribution in [0.4, 0.5) is 4.79 Å². The van der Waals surface area contributed by atoms with Crippen molar-refractivity contribution in [2.75, 3.05) is 26.3 Å². The van der Waals surface area contributed by atoms with Gasteiger partial charge >= 0.3 is 6.03 Å². The highest BCUT2D eigenvalue weighted by molar-refractivity contribution is 5.74. The van der Waals surface area contributed by atoms with Crippen LogP contribution in [0, 0.1) is 5.92 Å². The Morgan fingerprint density at radius 2 is 2.12 bits per heavy atom. The van der Waals surface area contributed by atoms with Crippen molar-refractivity contribution in [3.05, 3.63) is 42.5 Å². The van der Waals surface area contributed by atoms with E-state index in [0.29, 0.717) is 25.2 Å². The Hall–Kier alpha value is -2.01. The lowest BCUT2D eigenvalue weighted by Gasteiger charge is -2.34. The molecule has 25 heavy (non-hydrogen) atoms. The van der Waals surface area contributed by atoms with E-state index < -0.39 is 0 Å². The van der Waals surface area contributed by atoms with Crippen LogP contribution in [0.5, 0.6) is 5.75 Å². The minimum Gasteiger partial charge on any atom is -0.489 e. The van der Waals surface area contributed by atoms with Gasteiger partial charge in [-0.05, 0) is 37.7 Å². The van der Waals surface area contributed by atoms with E-state index >= 15 is 0 Å². The molecule has 2 amide bonds. The molecule has 0 aliphatic carbocycles. The number of piperidine rings is 1. The van der Waals surface area contributed by atoms with Crippen LogP contribution in [0.2, 0.25) is 0 Å². The van der Waals surface area contributed by atoms with Crippen molar-refractivity contribution in [1.82, 2.24) is 10.2 Å². The lowest BCUT2D eigenvalue weighted by molar-refractivity contribution is 0.0372. The monoisotopic (exact) mass is 344 g/mol.